The van der Waals surface area contributed by atoms with Crippen molar-refractivity contribution in [2.24, 2.45) is 5.84 Å². The summed E-state index contributed by atoms with van der Waals surface area (Å²) in [5.41, 5.74) is 3.40. The number of furan rings is 1. The van der Waals surface area contributed by atoms with Gasteiger partial charge in [0, 0.05) is 12.0 Å². The number of fused-ring (bicyclic) bond motifs is 1. The van der Waals surface area contributed by atoms with Crippen LogP contribution < -0.4 is 11.3 Å². The summed E-state index contributed by atoms with van der Waals surface area (Å²) in [6.07, 6.45) is 1.78. The molecular weight excluding hydrogens is 259 g/mol. The molecule has 1 heterocycles. The number of hydrogen-bond donors (Lipinski definition) is 2. The Balaban J connectivity index is 2.31. The van der Waals surface area contributed by atoms with Crippen LogP contribution in [0.1, 0.15) is 38.5 Å². The third-order valence-electron chi connectivity index (χ3n) is 3.31. The van der Waals surface area contributed by atoms with Crippen molar-refractivity contribution in [3.8, 4) is 0 Å². The van der Waals surface area contributed by atoms with Crippen molar-refractivity contribution in [2.75, 3.05) is 6.61 Å². The van der Waals surface area contributed by atoms with Crippen molar-refractivity contribution < 1.29 is 13.5 Å². The predicted molar refractivity (Wildman–Crippen MR) is 76.6 cm³/mol. The largest absolute Gasteiger partial charge is 0.459 e. The molecule has 0 amide bonds. The van der Waals surface area contributed by atoms with Crippen molar-refractivity contribution in [3.05, 3.63) is 35.8 Å². The number of hydrazine groups is 1. The van der Waals surface area contributed by atoms with E-state index >= 15 is 0 Å². The molecule has 0 aliphatic heterocycles. The lowest BCUT2D eigenvalue weighted by Crippen LogP contribution is -2.37. The van der Waals surface area contributed by atoms with Crippen LogP contribution in [-0.2, 0) is 4.74 Å². The molecule has 0 spiro atoms. The normalized spacial score (nSPS) is 14.6. The molecule has 0 radical (unpaired) electrons. The maximum Gasteiger partial charge on any atom is 0.134 e. The van der Waals surface area contributed by atoms with Crippen LogP contribution in [0.4, 0.5) is 4.39 Å². The van der Waals surface area contributed by atoms with Gasteiger partial charge in [0.05, 0.1) is 6.10 Å². The average molecular weight is 280 g/mol. The molecule has 0 saturated carbocycles. The lowest BCUT2D eigenvalue weighted by atomic mass is 10.0. The van der Waals surface area contributed by atoms with Gasteiger partial charge in [-0.3, -0.25) is 5.84 Å². The van der Waals surface area contributed by atoms with Crippen LogP contribution in [0.3, 0.4) is 0 Å². The first-order chi connectivity index (χ1) is 9.69. The second kappa shape index (κ2) is 6.83. The number of ether oxygens (including phenoxy) is 1. The standard InChI is InChI=1S/C15H21FN2O2/c1-3-5-13(19-4-2)15(18-17)14-9-10-8-11(16)6-7-12(10)20-14/h6-9,13,15,18H,3-5,17H2,1-2H3. The highest BCUT2D eigenvalue weighted by Crippen LogP contribution is 2.28. The van der Waals surface area contributed by atoms with Crippen LogP contribution in [0, 0.1) is 5.82 Å². The molecule has 5 heteroatoms. The summed E-state index contributed by atoms with van der Waals surface area (Å²) in [5, 5.41) is 0.729. The SMILES string of the molecule is CCCC(OCC)C(NN)c1cc2cc(F)ccc2o1. The molecule has 0 aliphatic rings. The molecule has 2 atom stereocenters. The molecule has 1 aromatic heterocycles. The van der Waals surface area contributed by atoms with Crippen molar-refractivity contribution in [1.82, 2.24) is 5.43 Å². The van der Waals surface area contributed by atoms with Gasteiger partial charge in [-0.25, -0.2) is 9.82 Å². The topological polar surface area (TPSA) is 60.4 Å². The Hall–Kier alpha value is -1.43. The van der Waals surface area contributed by atoms with Gasteiger partial charge >= 0.3 is 0 Å². The minimum atomic E-state index is -0.281. The Labute approximate surface area is 118 Å². The molecule has 2 unspecified atom stereocenters. The van der Waals surface area contributed by atoms with Gasteiger partial charge in [-0.05, 0) is 37.6 Å². The number of nitrogens with one attached hydrogen (secondary N) is 1. The van der Waals surface area contributed by atoms with Crippen LogP contribution in [0.25, 0.3) is 11.0 Å². The Morgan fingerprint density at radius 1 is 1.35 bits per heavy atom. The first kappa shape index (κ1) is 15.0. The van der Waals surface area contributed by atoms with E-state index in [-0.39, 0.29) is 18.0 Å². The van der Waals surface area contributed by atoms with E-state index in [1.165, 1.54) is 12.1 Å². The van der Waals surface area contributed by atoms with Crippen LogP contribution in [0.5, 0.6) is 0 Å². The molecule has 110 valence electrons. The van der Waals surface area contributed by atoms with E-state index in [1.807, 2.05) is 13.0 Å². The van der Waals surface area contributed by atoms with Gasteiger partial charge in [-0.1, -0.05) is 13.3 Å². The Morgan fingerprint density at radius 3 is 2.80 bits per heavy atom. The minimum absolute atomic E-state index is 0.0691. The smallest absolute Gasteiger partial charge is 0.134 e. The van der Waals surface area contributed by atoms with Gasteiger partial charge in [0.15, 0.2) is 0 Å². The summed E-state index contributed by atoms with van der Waals surface area (Å²) >= 11 is 0. The maximum atomic E-state index is 13.2. The first-order valence-corrected chi connectivity index (χ1v) is 6.96. The lowest BCUT2D eigenvalue weighted by Gasteiger charge is -2.24. The summed E-state index contributed by atoms with van der Waals surface area (Å²) < 4.78 is 24.7. The van der Waals surface area contributed by atoms with E-state index < -0.39 is 0 Å². The fourth-order valence-electron chi connectivity index (χ4n) is 2.41. The Morgan fingerprint density at radius 2 is 2.15 bits per heavy atom. The molecule has 1 aromatic carbocycles. The van der Waals surface area contributed by atoms with E-state index in [2.05, 4.69) is 12.3 Å². The third-order valence-corrected chi connectivity index (χ3v) is 3.31. The summed E-state index contributed by atoms with van der Waals surface area (Å²) in [7, 11) is 0. The number of hydrogen-bond acceptors (Lipinski definition) is 4. The monoisotopic (exact) mass is 280 g/mol. The molecule has 0 bridgehead atoms. The van der Waals surface area contributed by atoms with Gasteiger partial charge in [-0.15, -0.1) is 0 Å². The van der Waals surface area contributed by atoms with Crippen LogP contribution in [0.15, 0.2) is 28.7 Å². The Bertz CT molecular complexity index is 550. The fraction of sp³-hybridized carbons (Fsp3) is 0.467. The van der Waals surface area contributed by atoms with Gasteiger partial charge in [0.2, 0.25) is 0 Å². The van der Waals surface area contributed by atoms with Crippen molar-refractivity contribution >= 4 is 11.0 Å². The zero-order valence-corrected chi connectivity index (χ0v) is 11.9. The molecule has 0 aliphatic carbocycles. The highest BCUT2D eigenvalue weighted by atomic mass is 19.1. The average Bonchev–Trinajstić information content (AvgIpc) is 2.82. The van der Waals surface area contributed by atoms with Crippen molar-refractivity contribution in [2.45, 2.75) is 38.8 Å². The van der Waals surface area contributed by atoms with Crippen molar-refractivity contribution in [1.29, 1.82) is 0 Å². The summed E-state index contributed by atoms with van der Waals surface area (Å²) in [6, 6.07) is 6.02. The van der Waals surface area contributed by atoms with Gasteiger partial charge in [-0.2, -0.15) is 0 Å². The number of halogens is 1. The summed E-state index contributed by atoms with van der Waals surface area (Å²) in [5.74, 6) is 6.04. The highest BCUT2D eigenvalue weighted by Gasteiger charge is 2.25. The zero-order valence-electron chi connectivity index (χ0n) is 11.9. The molecule has 2 rings (SSSR count). The number of rotatable bonds is 7. The molecule has 0 fully saturated rings. The Kier molecular flexibility index (Phi) is 5.11. The molecular formula is C15H21FN2O2. The van der Waals surface area contributed by atoms with E-state index in [0.717, 1.165) is 18.2 Å². The second-order valence-electron chi connectivity index (χ2n) is 4.76. The predicted octanol–water partition coefficient (Wildman–Crippen LogP) is 3.28. The van der Waals surface area contributed by atoms with E-state index in [0.29, 0.717) is 18.0 Å². The summed E-state index contributed by atoms with van der Waals surface area (Å²) in [6.45, 7) is 4.65. The van der Waals surface area contributed by atoms with E-state index in [9.17, 15) is 4.39 Å². The molecule has 20 heavy (non-hydrogen) atoms. The van der Waals surface area contributed by atoms with E-state index in [4.69, 9.17) is 15.0 Å². The van der Waals surface area contributed by atoms with Gasteiger partial charge < -0.3 is 9.15 Å². The maximum absolute atomic E-state index is 13.2. The van der Waals surface area contributed by atoms with Gasteiger partial charge in [0.25, 0.3) is 0 Å². The third kappa shape index (κ3) is 3.17. The lowest BCUT2D eigenvalue weighted by molar-refractivity contribution is 0.0225. The quantitative estimate of drug-likeness (QED) is 0.603. The molecule has 3 N–H and O–H groups in total. The van der Waals surface area contributed by atoms with Gasteiger partial charge in [0.1, 0.15) is 23.2 Å². The molecule has 0 saturated heterocycles. The summed E-state index contributed by atoms with van der Waals surface area (Å²) in [4.78, 5) is 0. The van der Waals surface area contributed by atoms with Crippen LogP contribution in [-0.4, -0.2) is 12.7 Å². The van der Waals surface area contributed by atoms with Crippen LogP contribution in [0.2, 0.25) is 0 Å². The van der Waals surface area contributed by atoms with E-state index in [1.54, 1.807) is 6.07 Å². The second-order valence-corrected chi connectivity index (χ2v) is 4.76. The molecule has 2 aromatic rings. The minimum Gasteiger partial charge on any atom is -0.459 e. The zero-order chi connectivity index (χ0) is 14.5. The van der Waals surface area contributed by atoms with Crippen molar-refractivity contribution in [3.63, 3.8) is 0 Å². The number of benzene rings is 1. The number of nitrogens with two attached hydrogens (primary N) is 1. The fourth-order valence-corrected chi connectivity index (χ4v) is 2.41. The molecule has 4 nitrogen and oxygen atoms in total. The van der Waals surface area contributed by atoms with Crippen LogP contribution >= 0.6 is 0 Å². The highest BCUT2D eigenvalue weighted by molar-refractivity contribution is 5.78. The first-order valence-electron chi connectivity index (χ1n) is 6.96.